The van der Waals surface area contributed by atoms with E-state index >= 15 is 0 Å². The Bertz CT molecular complexity index is 813. The number of hydrogen-bond donors (Lipinski definition) is 2. The minimum atomic E-state index is -0.246. The van der Waals surface area contributed by atoms with Crippen LogP contribution >= 0.6 is 11.3 Å². The number of carbonyl (C=O) groups is 1. The van der Waals surface area contributed by atoms with Gasteiger partial charge in [-0.15, -0.1) is 21.5 Å². The predicted octanol–water partition coefficient (Wildman–Crippen LogP) is 2.94. The highest BCUT2D eigenvalue weighted by Crippen LogP contribution is 2.21. The van der Waals surface area contributed by atoms with E-state index in [1.807, 2.05) is 54.9 Å². The summed E-state index contributed by atoms with van der Waals surface area (Å²) in [5.41, 5.74) is 0.761. The van der Waals surface area contributed by atoms with Gasteiger partial charge >= 0.3 is 6.03 Å². The zero-order chi connectivity index (χ0) is 17.1. The van der Waals surface area contributed by atoms with Crippen molar-refractivity contribution in [3.05, 3.63) is 46.8 Å². The quantitative estimate of drug-likeness (QED) is 0.745. The zero-order valence-electron chi connectivity index (χ0n) is 13.8. The summed E-state index contributed by atoms with van der Waals surface area (Å²) >= 11 is 1.52. The molecular weight excluding hydrogens is 324 g/mol. The third-order valence-electron chi connectivity index (χ3n) is 3.74. The standard InChI is InChI=1S/C16H20N6OS/c1-10(2)13(14-21-20-12-6-4-5-8-22(12)14)19-16(23)18-11(3)15-17-7-9-24-15/h4-11,13H,1-3H3,(H2,18,19,23)/t11-,13-/m0/s1. The molecular formula is C16H20N6OS. The molecule has 2 atom stereocenters. The summed E-state index contributed by atoms with van der Waals surface area (Å²) in [5, 5.41) is 17.1. The second kappa shape index (κ2) is 6.96. The molecule has 3 heterocycles. The maximum Gasteiger partial charge on any atom is 0.315 e. The number of hydrogen-bond acceptors (Lipinski definition) is 5. The first-order chi connectivity index (χ1) is 11.6. The van der Waals surface area contributed by atoms with E-state index in [0.29, 0.717) is 0 Å². The van der Waals surface area contributed by atoms with Crippen LogP contribution in [-0.4, -0.2) is 25.6 Å². The molecule has 7 nitrogen and oxygen atoms in total. The van der Waals surface area contributed by atoms with E-state index < -0.39 is 0 Å². The zero-order valence-corrected chi connectivity index (χ0v) is 14.6. The first kappa shape index (κ1) is 16.4. The monoisotopic (exact) mass is 344 g/mol. The molecule has 24 heavy (non-hydrogen) atoms. The molecule has 2 amide bonds. The number of nitrogens with one attached hydrogen (secondary N) is 2. The number of urea groups is 1. The van der Waals surface area contributed by atoms with E-state index in [-0.39, 0.29) is 24.0 Å². The fourth-order valence-electron chi connectivity index (χ4n) is 2.49. The van der Waals surface area contributed by atoms with Crippen LogP contribution in [0.1, 0.15) is 43.7 Å². The molecule has 2 N–H and O–H groups in total. The van der Waals surface area contributed by atoms with Crippen molar-refractivity contribution in [2.75, 3.05) is 0 Å². The Hall–Kier alpha value is -2.48. The number of pyridine rings is 1. The van der Waals surface area contributed by atoms with Crippen LogP contribution in [0.3, 0.4) is 0 Å². The van der Waals surface area contributed by atoms with Crippen molar-refractivity contribution in [1.29, 1.82) is 0 Å². The van der Waals surface area contributed by atoms with Crippen LogP contribution in [0.15, 0.2) is 36.0 Å². The summed E-state index contributed by atoms with van der Waals surface area (Å²) in [6.45, 7) is 5.99. The molecule has 8 heteroatoms. The van der Waals surface area contributed by atoms with Crippen LogP contribution in [0.2, 0.25) is 0 Å². The van der Waals surface area contributed by atoms with Crippen molar-refractivity contribution in [2.24, 2.45) is 5.92 Å². The lowest BCUT2D eigenvalue weighted by molar-refractivity contribution is 0.229. The van der Waals surface area contributed by atoms with Crippen LogP contribution < -0.4 is 10.6 Å². The third-order valence-corrected chi connectivity index (χ3v) is 4.70. The maximum atomic E-state index is 12.4. The van der Waals surface area contributed by atoms with Gasteiger partial charge in [-0.2, -0.15) is 0 Å². The second-order valence-corrected chi connectivity index (χ2v) is 6.84. The number of nitrogens with zero attached hydrogens (tertiary/aromatic N) is 4. The molecule has 3 aromatic rings. The average molecular weight is 344 g/mol. The largest absolute Gasteiger partial charge is 0.329 e. The lowest BCUT2D eigenvalue weighted by atomic mass is 10.0. The Labute approximate surface area is 144 Å². The highest BCUT2D eigenvalue weighted by molar-refractivity contribution is 7.09. The van der Waals surface area contributed by atoms with Gasteiger partial charge in [0.05, 0.1) is 12.1 Å². The van der Waals surface area contributed by atoms with Crippen LogP contribution in [0.4, 0.5) is 4.79 Å². The van der Waals surface area contributed by atoms with Crippen LogP contribution in [0.25, 0.3) is 5.65 Å². The molecule has 0 unspecified atom stereocenters. The van der Waals surface area contributed by atoms with E-state index in [2.05, 4.69) is 25.8 Å². The molecule has 3 rings (SSSR count). The van der Waals surface area contributed by atoms with E-state index in [4.69, 9.17) is 0 Å². The molecule has 3 aromatic heterocycles. The number of thiazole rings is 1. The van der Waals surface area contributed by atoms with Crippen LogP contribution in [0.5, 0.6) is 0 Å². The van der Waals surface area contributed by atoms with Gasteiger partial charge in [0, 0.05) is 17.8 Å². The fourth-order valence-corrected chi connectivity index (χ4v) is 3.14. The van der Waals surface area contributed by atoms with E-state index in [9.17, 15) is 4.79 Å². The smallest absolute Gasteiger partial charge is 0.315 e. The summed E-state index contributed by atoms with van der Waals surface area (Å²) < 4.78 is 1.90. The molecule has 0 aromatic carbocycles. The second-order valence-electron chi connectivity index (χ2n) is 5.92. The fraction of sp³-hybridized carbons (Fsp3) is 0.375. The number of rotatable bonds is 5. The Morgan fingerprint density at radius 3 is 2.75 bits per heavy atom. The van der Waals surface area contributed by atoms with Gasteiger partial charge in [-0.1, -0.05) is 19.9 Å². The van der Waals surface area contributed by atoms with Crippen molar-refractivity contribution in [3.63, 3.8) is 0 Å². The summed E-state index contributed by atoms with van der Waals surface area (Å²) in [7, 11) is 0. The molecule has 0 saturated carbocycles. The van der Waals surface area contributed by atoms with Crippen molar-refractivity contribution in [3.8, 4) is 0 Å². The highest BCUT2D eigenvalue weighted by atomic mass is 32.1. The molecule has 0 aliphatic carbocycles. The Balaban J connectivity index is 1.76. The van der Waals surface area contributed by atoms with Crippen LogP contribution in [-0.2, 0) is 0 Å². The number of fused-ring (bicyclic) bond motifs is 1. The molecule has 0 bridgehead atoms. The van der Waals surface area contributed by atoms with Crippen molar-refractivity contribution < 1.29 is 4.79 Å². The van der Waals surface area contributed by atoms with Gasteiger partial charge in [0.15, 0.2) is 11.5 Å². The lowest BCUT2D eigenvalue weighted by Gasteiger charge is -2.22. The van der Waals surface area contributed by atoms with E-state index in [1.165, 1.54) is 11.3 Å². The average Bonchev–Trinajstić information content (AvgIpc) is 3.22. The summed E-state index contributed by atoms with van der Waals surface area (Å²) in [4.78, 5) is 16.6. The third kappa shape index (κ3) is 3.38. The first-order valence-corrected chi connectivity index (χ1v) is 8.70. The highest BCUT2D eigenvalue weighted by Gasteiger charge is 2.24. The molecule has 0 saturated heterocycles. The molecule has 0 radical (unpaired) electrons. The van der Waals surface area contributed by atoms with Gasteiger partial charge in [0.1, 0.15) is 5.01 Å². The lowest BCUT2D eigenvalue weighted by Crippen LogP contribution is -2.41. The normalized spacial score (nSPS) is 13.8. The minimum Gasteiger partial charge on any atom is -0.329 e. The van der Waals surface area contributed by atoms with Gasteiger partial charge < -0.3 is 10.6 Å². The number of amides is 2. The molecule has 0 spiro atoms. The van der Waals surface area contributed by atoms with E-state index in [1.54, 1.807) is 6.20 Å². The van der Waals surface area contributed by atoms with Gasteiger partial charge in [0.25, 0.3) is 0 Å². The van der Waals surface area contributed by atoms with Gasteiger partial charge in [-0.05, 0) is 25.0 Å². The van der Waals surface area contributed by atoms with Crippen LogP contribution in [0, 0.1) is 5.92 Å². The first-order valence-electron chi connectivity index (χ1n) is 7.82. The maximum absolute atomic E-state index is 12.4. The molecule has 0 aliphatic heterocycles. The summed E-state index contributed by atoms with van der Waals surface area (Å²) in [5.74, 6) is 0.885. The summed E-state index contributed by atoms with van der Waals surface area (Å²) in [6, 6.07) is 5.08. The van der Waals surface area contributed by atoms with Crippen molar-refractivity contribution in [2.45, 2.75) is 32.9 Å². The Morgan fingerprint density at radius 2 is 2.04 bits per heavy atom. The van der Waals surface area contributed by atoms with Gasteiger partial charge in [-0.3, -0.25) is 4.40 Å². The van der Waals surface area contributed by atoms with Crippen molar-refractivity contribution >= 4 is 23.0 Å². The molecule has 0 aliphatic rings. The number of carbonyl (C=O) groups excluding carboxylic acids is 1. The summed E-state index contributed by atoms with van der Waals surface area (Å²) in [6.07, 6.45) is 3.63. The Morgan fingerprint density at radius 1 is 1.21 bits per heavy atom. The SMILES string of the molecule is CC(C)[C@H](NC(=O)N[C@@H](C)c1nccs1)c1nnc2ccccn12. The van der Waals surface area contributed by atoms with Crippen molar-refractivity contribution in [1.82, 2.24) is 30.2 Å². The Kier molecular flexibility index (Phi) is 4.75. The van der Waals surface area contributed by atoms with Gasteiger partial charge in [0.2, 0.25) is 0 Å². The predicted molar refractivity (Wildman–Crippen MR) is 92.8 cm³/mol. The van der Waals surface area contributed by atoms with Gasteiger partial charge in [-0.25, -0.2) is 9.78 Å². The topological polar surface area (TPSA) is 84.2 Å². The van der Waals surface area contributed by atoms with E-state index in [0.717, 1.165) is 16.5 Å². The minimum absolute atomic E-state index is 0.145. The number of aromatic nitrogens is 4. The molecule has 0 fully saturated rings. The molecule has 126 valence electrons.